The van der Waals surface area contributed by atoms with Crippen LogP contribution in [-0.2, 0) is 17.6 Å². The van der Waals surface area contributed by atoms with Gasteiger partial charge in [-0.15, -0.1) is 11.3 Å². The predicted molar refractivity (Wildman–Crippen MR) is 67.0 cm³/mol. The van der Waals surface area contributed by atoms with Crippen LogP contribution in [0.3, 0.4) is 0 Å². The molecule has 2 rings (SSSR count). The van der Waals surface area contributed by atoms with E-state index in [9.17, 15) is 4.79 Å². The number of hydroxylamine groups is 2. The van der Waals surface area contributed by atoms with Gasteiger partial charge in [0.1, 0.15) is 0 Å². The summed E-state index contributed by atoms with van der Waals surface area (Å²) >= 11 is 1.57. The molecule has 4 nitrogen and oxygen atoms in total. The van der Waals surface area contributed by atoms with Gasteiger partial charge in [0.25, 0.3) is 12.6 Å². The summed E-state index contributed by atoms with van der Waals surface area (Å²) in [4.78, 5) is 18.1. The first-order valence-electron chi connectivity index (χ1n) is 5.48. The molecular formula is C11H13BN2O2S. The van der Waals surface area contributed by atoms with Crippen LogP contribution in [-0.4, -0.2) is 31.8 Å². The van der Waals surface area contributed by atoms with E-state index in [2.05, 4.69) is 5.97 Å². The van der Waals surface area contributed by atoms with E-state index in [1.807, 2.05) is 5.38 Å². The summed E-state index contributed by atoms with van der Waals surface area (Å²) in [6, 6.07) is 0. The van der Waals surface area contributed by atoms with Gasteiger partial charge in [0.2, 0.25) is 0 Å². The fourth-order valence-corrected chi connectivity index (χ4v) is 3.21. The molecule has 0 saturated carbocycles. The number of carbonyl (C=O) groups excluding carboxylic acids is 1. The van der Waals surface area contributed by atoms with Crippen LogP contribution >= 0.6 is 11.3 Å². The molecule has 0 N–H and O–H groups in total. The Morgan fingerprint density at radius 3 is 3.12 bits per heavy atom. The summed E-state index contributed by atoms with van der Waals surface area (Å²) in [6.07, 6.45) is 2.44. The second-order valence-electron chi connectivity index (χ2n) is 4.11. The van der Waals surface area contributed by atoms with Crippen LogP contribution in [0.25, 0.3) is 0 Å². The average Bonchev–Trinajstić information content (AvgIpc) is 2.79. The minimum Gasteiger partial charge on any atom is -0.274 e. The van der Waals surface area contributed by atoms with E-state index in [1.165, 1.54) is 17.1 Å². The average molecular weight is 248 g/mol. The van der Waals surface area contributed by atoms with Crippen LogP contribution < -0.4 is 0 Å². The maximum absolute atomic E-state index is 12.0. The monoisotopic (exact) mass is 248 g/mol. The zero-order valence-electron chi connectivity index (χ0n) is 9.90. The lowest BCUT2D eigenvalue weighted by Crippen LogP contribution is -2.27. The van der Waals surface area contributed by atoms with Crippen molar-refractivity contribution in [2.45, 2.75) is 19.1 Å². The third-order valence-corrected chi connectivity index (χ3v) is 4.18. The van der Waals surface area contributed by atoms with Crippen molar-refractivity contribution in [3.05, 3.63) is 21.4 Å². The summed E-state index contributed by atoms with van der Waals surface area (Å²) in [5.74, 6) is 2.19. The maximum Gasteiger partial charge on any atom is 0.278 e. The number of carbonyl (C=O) groups is 1. The second-order valence-corrected chi connectivity index (χ2v) is 5.07. The van der Waals surface area contributed by atoms with Gasteiger partial charge >= 0.3 is 0 Å². The lowest BCUT2D eigenvalue weighted by atomic mass is 9.43. The van der Waals surface area contributed by atoms with Gasteiger partial charge in [-0.1, -0.05) is 6.32 Å². The zero-order chi connectivity index (χ0) is 12.4. The van der Waals surface area contributed by atoms with E-state index in [-0.39, 0.29) is 12.6 Å². The molecule has 1 amide bonds. The quantitative estimate of drug-likeness (QED) is 0.589. The van der Waals surface area contributed by atoms with Gasteiger partial charge in [0.05, 0.1) is 12.7 Å². The van der Waals surface area contributed by atoms with Crippen LogP contribution in [0.2, 0.25) is 6.32 Å². The molecule has 1 aliphatic heterocycles. The molecule has 0 bridgehead atoms. The van der Waals surface area contributed by atoms with Crippen molar-refractivity contribution in [1.29, 1.82) is 5.26 Å². The highest BCUT2D eigenvalue weighted by Crippen LogP contribution is 2.30. The highest BCUT2D eigenvalue weighted by Gasteiger charge is 2.28. The molecule has 1 aliphatic rings. The molecular weight excluding hydrogens is 235 g/mol. The van der Waals surface area contributed by atoms with Crippen molar-refractivity contribution in [1.82, 2.24) is 5.06 Å². The maximum atomic E-state index is 12.0. The molecule has 6 heteroatoms. The van der Waals surface area contributed by atoms with E-state index >= 15 is 0 Å². The van der Waals surface area contributed by atoms with Crippen LogP contribution in [0, 0.1) is 11.2 Å². The predicted octanol–water partition coefficient (Wildman–Crippen LogP) is 1.58. The lowest BCUT2D eigenvalue weighted by molar-refractivity contribution is -0.0757. The van der Waals surface area contributed by atoms with Crippen LogP contribution in [0.15, 0.2) is 5.38 Å². The summed E-state index contributed by atoms with van der Waals surface area (Å²) in [7, 11) is 3.08. The number of hydrogen-bond acceptors (Lipinski definition) is 4. The molecule has 0 spiro atoms. The van der Waals surface area contributed by atoms with E-state index in [0.717, 1.165) is 30.2 Å². The highest BCUT2D eigenvalue weighted by atomic mass is 32.1. The minimum atomic E-state index is -0.111. The number of nitriles is 1. The molecule has 0 atom stereocenters. The van der Waals surface area contributed by atoms with Gasteiger partial charge < -0.3 is 0 Å². The Balaban J connectivity index is 2.26. The summed E-state index contributed by atoms with van der Waals surface area (Å²) in [5.41, 5.74) is 1.83. The van der Waals surface area contributed by atoms with Gasteiger partial charge in [-0.2, -0.15) is 0 Å². The largest absolute Gasteiger partial charge is 0.278 e. The first-order chi connectivity index (χ1) is 8.17. The van der Waals surface area contributed by atoms with Crippen molar-refractivity contribution in [2.24, 2.45) is 0 Å². The molecule has 1 aromatic heterocycles. The molecule has 17 heavy (non-hydrogen) atoms. The molecule has 0 unspecified atom stereocenters. The number of amides is 1. The third-order valence-electron chi connectivity index (χ3n) is 3.13. The van der Waals surface area contributed by atoms with Crippen LogP contribution in [0.5, 0.6) is 0 Å². The standard InChI is InChI=1S/C11H13BN2O2S/c1-14(16-2)11(15)9-6-17-10-5-12(7-13)4-3-8(9)10/h6H,3-5H2,1-2H3. The van der Waals surface area contributed by atoms with Gasteiger partial charge in [-0.05, 0) is 18.3 Å². The van der Waals surface area contributed by atoms with Crippen molar-refractivity contribution in [2.75, 3.05) is 14.2 Å². The fourth-order valence-electron chi connectivity index (χ4n) is 2.05. The number of rotatable bonds is 2. The van der Waals surface area contributed by atoms with E-state index in [1.54, 1.807) is 18.4 Å². The smallest absolute Gasteiger partial charge is 0.274 e. The zero-order valence-corrected chi connectivity index (χ0v) is 10.7. The molecule has 0 saturated heterocycles. The van der Waals surface area contributed by atoms with Crippen molar-refractivity contribution in [3.8, 4) is 5.97 Å². The Bertz CT molecular complexity index is 480. The van der Waals surface area contributed by atoms with Crippen molar-refractivity contribution < 1.29 is 9.63 Å². The van der Waals surface area contributed by atoms with Gasteiger partial charge in [0, 0.05) is 23.3 Å². The molecule has 0 fully saturated rings. The van der Waals surface area contributed by atoms with E-state index in [4.69, 9.17) is 10.1 Å². The summed E-state index contributed by atoms with van der Waals surface area (Å²) in [5, 5.41) is 12.0. The molecule has 0 radical (unpaired) electrons. The molecule has 0 aliphatic carbocycles. The van der Waals surface area contributed by atoms with Gasteiger partial charge in [-0.3, -0.25) is 9.63 Å². The Morgan fingerprint density at radius 1 is 1.71 bits per heavy atom. The lowest BCUT2D eigenvalue weighted by Gasteiger charge is -2.17. The number of fused-ring (bicyclic) bond motifs is 1. The normalized spacial score (nSPS) is 14.1. The summed E-state index contributed by atoms with van der Waals surface area (Å²) in [6.45, 7) is 0.101. The number of thiophene rings is 1. The Morgan fingerprint density at radius 2 is 2.47 bits per heavy atom. The Hall–Kier alpha value is -1.32. The fraction of sp³-hybridized carbons (Fsp3) is 0.455. The number of hydrogen-bond donors (Lipinski definition) is 0. The first kappa shape index (κ1) is 12.2. The van der Waals surface area contributed by atoms with Crippen molar-refractivity contribution >= 4 is 24.0 Å². The minimum absolute atomic E-state index is 0.101. The summed E-state index contributed by atoms with van der Waals surface area (Å²) < 4.78 is 0. The highest BCUT2D eigenvalue weighted by molar-refractivity contribution is 7.11. The number of nitrogens with zero attached hydrogens (tertiary/aromatic N) is 2. The van der Waals surface area contributed by atoms with Crippen LogP contribution in [0.4, 0.5) is 0 Å². The molecule has 0 aromatic carbocycles. The SMILES string of the molecule is CON(C)C(=O)c1csc2c1CCB(C#N)C2. The third kappa shape index (κ3) is 2.21. The second kappa shape index (κ2) is 4.90. The Kier molecular flexibility index (Phi) is 3.50. The molecule has 1 aromatic rings. The topological polar surface area (TPSA) is 53.3 Å². The van der Waals surface area contributed by atoms with Crippen molar-refractivity contribution in [3.63, 3.8) is 0 Å². The van der Waals surface area contributed by atoms with Gasteiger partial charge in [-0.25, -0.2) is 10.3 Å². The molecule has 2 heterocycles. The van der Waals surface area contributed by atoms with E-state index in [0.29, 0.717) is 0 Å². The van der Waals surface area contributed by atoms with E-state index < -0.39 is 0 Å². The molecule has 88 valence electrons. The van der Waals surface area contributed by atoms with Gasteiger partial charge in [0.15, 0.2) is 0 Å². The first-order valence-corrected chi connectivity index (χ1v) is 6.36. The van der Waals surface area contributed by atoms with Crippen LogP contribution in [0.1, 0.15) is 20.8 Å². The Labute approximate surface area is 105 Å².